The van der Waals surface area contributed by atoms with E-state index in [9.17, 15) is 20.1 Å². The largest absolute Gasteiger partial charge is 0.456 e. The molecular weight excluding hydrogens is 458 g/mol. The van der Waals surface area contributed by atoms with Gasteiger partial charge in [-0.3, -0.25) is 0 Å². The molecule has 0 saturated heterocycles. The summed E-state index contributed by atoms with van der Waals surface area (Å²) in [5, 5.41) is 19.0. The zero-order valence-electron chi connectivity index (χ0n) is 18.8. The first-order valence-corrected chi connectivity index (χ1v) is 10.9. The van der Waals surface area contributed by atoms with E-state index in [0.717, 1.165) is 0 Å². The van der Waals surface area contributed by atoms with E-state index in [1.807, 2.05) is 24.3 Å². The zero-order valence-corrected chi connectivity index (χ0v) is 18.8. The van der Waals surface area contributed by atoms with Crippen molar-refractivity contribution >= 4 is 23.0 Å². The number of carbonyl (C=O) groups excluding carboxylic acids is 2. The van der Waals surface area contributed by atoms with E-state index in [0.29, 0.717) is 33.3 Å². The molecule has 0 aromatic carbocycles. The van der Waals surface area contributed by atoms with Crippen LogP contribution in [0.4, 0.5) is 0 Å². The smallest absolute Gasteiger partial charge is 0.357 e. The number of rotatable bonds is 6. The minimum absolute atomic E-state index is 0.0703. The van der Waals surface area contributed by atoms with E-state index in [2.05, 4.69) is 17.1 Å². The maximum atomic E-state index is 12.6. The molecule has 0 spiro atoms. The Hall–Kier alpha value is -5.41. The molecule has 0 atom stereocenters. The number of pyridine rings is 3. The summed E-state index contributed by atoms with van der Waals surface area (Å²) in [6.45, 7) is -0.252. The van der Waals surface area contributed by atoms with Gasteiger partial charge in [-0.15, -0.1) is 0 Å². The van der Waals surface area contributed by atoms with Crippen molar-refractivity contribution < 1.29 is 19.1 Å². The van der Waals surface area contributed by atoms with Gasteiger partial charge in [0.1, 0.15) is 36.7 Å². The third-order valence-corrected chi connectivity index (χ3v) is 5.63. The van der Waals surface area contributed by atoms with Crippen LogP contribution in [0.15, 0.2) is 79.4 Å². The van der Waals surface area contributed by atoms with Crippen LogP contribution in [-0.2, 0) is 22.7 Å². The van der Waals surface area contributed by atoms with E-state index < -0.39 is 11.9 Å². The summed E-state index contributed by atoms with van der Waals surface area (Å²) in [7, 11) is 0. The third kappa shape index (κ3) is 4.13. The topological polar surface area (TPSA) is 122 Å². The quantitative estimate of drug-likeness (QED) is 0.340. The Labute approximate surface area is 205 Å². The number of fused-ring (bicyclic) bond motifs is 2. The van der Waals surface area contributed by atoms with Gasteiger partial charge in [0.2, 0.25) is 0 Å². The van der Waals surface area contributed by atoms with Gasteiger partial charge < -0.3 is 18.3 Å². The van der Waals surface area contributed by atoms with Crippen LogP contribution in [0, 0.1) is 22.7 Å². The monoisotopic (exact) mass is 475 g/mol. The molecule has 5 aromatic heterocycles. The van der Waals surface area contributed by atoms with Gasteiger partial charge in [0.25, 0.3) is 0 Å². The second kappa shape index (κ2) is 9.45. The van der Waals surface area contributed by atoms with Crippen molar-refractivity contribution in [1.29, 1.82) is 10.5 Å². The Bertz CT molecular complexity index is 1590. The van der Waals surface area contributed by atoms with Gasteiger partial charge in [-0.25, -0.2) is 14.6 Å². The first kappa shape index (κ1) is 22.4. The van der Waals surface area contributed by atoms with Crippen LogP contribution in [0.2, 0.25) is 0 Å². The molecule has 0 aliphatic carbocycles. The molecule has 0 aliphatic heterocycles. The highest BCUT2D eigenvalue weighted by atomic mass is 16.5. The molecule has 5 heterocycles. The maximum absolute atomic E-state index is 12.6. The van der Waals surface area contributed by atoms with Crippen molar-refractivity contribution in [2.24, 2.45) is 0 Å². The molecule has 0 bridgehead atoms. The van der Waals surface area contributed by atoms with Crippen LogP contribution in [-0.4, -0.2) is 25.7 Å². The van der Waals surface area contributed by atoms with Crippen molar-refractivity contribution in [2.75, 3.05) is 0 Å². The fourth-order valence-corrected chi connectivity index (χ4v) is 3.93. The fourth-order valence-electron chi connectivity index (χ4n) is 3.93. The van der Waals surface area contributed by atoms with Crippen molar-refractivity contribution in [1.82, 2.24) is 13.8 Å². The number of aromatic nitrogens is 3. The van der Waals surface area contributed by atoms with Crippen molar-refractivity contribution in [3.63, 3.8) is 0 Å². The number of hydrogen-bond donors (Lipinski definition) is 0. The van der Waals surface area contributed by atoms with Crippen molar-refractivity contribution in [2.45, 2.75) is 13.2 Å². The number of carbonyl (C=O) groups is 2. The molecule has 0 fully saturated rings. The number of ether oxygens (including phenoxy) is 2. The molecular formula is C27H17N5O4. The van der Waals surface area contributed by atoms with Gasteiger partial charge in [-0.2, -0.15) is 10.5 Å². The van der Waals surface area contributed by atoms with E-state index >= 15 is 0 Å². The molecule has 0 aliphatic rings. The minimum atomic E-state index is -0.741. The lowest BCUT2D eigenvalue weighted by Crippen LogP contribution is -2.13. The van der Waals surface area contributed by atoms with E-state index in [4.69, 9.17) is 9.47 Å². The standard InChI is InChI=1S/C27H17N5O4/c28-12-20-18(14-31-10-3-1-8-24(20)31)16-35-26(33)22-6-5-7-23(30-22)27(34)36-17-19-15-32-11-4-2-9-25(32)21(19)13-29/h1-11,14-15H,16-17H2. The normalized spacial score (nSPS) is 10.6. The number of hydrogen-bond acceptors (Lipinski definition) is 7. The Balaban J connectivity index is 1.27. The van der Waals surface area contributed by atoms with E-state index in [1.54, 1.807) is 45.7 Å². The number of nitriles is 2. The van der Waals surface area contributed by atoms with Gasteiger partial charge in [0, 0.05) is 35.9 Å². The van der Waals surface area contributed by atoms with Crippen LogP contribution in [0.3, 0.4) is 0 Å². The van der Waals surface area contributed by atoms with Crippen molar-refractivity contribution in [3.05, 3.63) is 113 Å². The van der Waals surface area contributed by atoms with Crippen molar-refractivity contribution in [3.8, 4) is 12.1 Å². The molecule has 9 heteroatoms. The molecule has 174 valence electrons. The summed E-state index contributed by atoms with van der Waals surface area (Å²) in [4.78, 5) is 29.3. The highest BCUT2D eigenvalue weighted by molar-refractivity contribution is 5.91. The highest BCUT2D eigenvalue weighted by Crippen LogP contribution is 2.20. The summed E-state index contributed by atoms with van der Waals surface area (Å²) >= 11 is 0. The van der Waals surface area contributed by atoms with Crippen LogP contribution in [0.5, 0.6) is 0 Å². The Morgan fingerprint density at radius 2 is 1.19 bits per heavy atom. The van der Waals surface area contributed by atoms with Crippen LogP contribution in [0.25, 0.3) is 11.0 Å². The first-order valence-electron chi connectivity index (χ1n) is 10.9. The number of nitrogens with zero attached hydrogens (tertiary/aromatic N) is 5. The summed E-state index contributed by atoms with van der Waals surface area (Å²) < 4.78 is 14.3. The molecule has 5 aromatic rings. The Morgan fingerprint density at radius 3 is 1.64 bits per heavy atom. The molecule has 9 nitrogen and oxygen atoms in total. The van der Waals surface area contributed by atoms with E-state index in [1.165, 1.54) is 18.2 Å². The van der Waals surface area contributed by atoms with Crippen LogP contribution in [0.1, 0.15) is 43.2 Å². The molecule has 0 radical (unpaired) electrons. The van der Waals surface area contributed by atoms with Gasteiger partial charge in [-0.1, -0.05) is 18.2 Å². The first-order chi connectivity index (χ1) is 17.6. The predicted octanol–water partition coefficient (Wildman–Crippen LogP) is 4.04. The van der Waals surface area contributed by atoms with Gasteiger partial charge in [0.05, 0.1) is 22.2 Å². The molecule has 5 rings (SSSR count). The summed E-state index contributed by atoms with van der Waals surface area (Å²) in [5.74, 6) is -1.48. The molecule has 0 unspecified atom stereocenters. The zero-order chi connectivity index (χ0) is 25.1. The molecule has 0 N–H and O–H groups in total. The highest BCUT2D eigenvalue weighted by Gasteiger charge is 2.18. The van der Waals surface area contributed by atoms with Crippen LogP contribution < -0.4 is 0 Å². The van der Waals surface area contributed by atoms with Gasteiger partial charge in [0.15, 0.2) is 0 Å². The second-order valence-electron chi connectivity index (χ2n) is 7.83. The lowest BCUT2D eigenvalue weighted by molar-refractivity contribution is 0.0456. The average Bonchev–Trinajstić information content (AvgIpc) is 3.47. The summed E-state index contributed by atoms with van der Waals surface area (Å²) in [6, 6.07) is 19.5. The summed E-state index contributed by atoms with van der Waals surface area (Å²) in [6.07, 6.45) is 7.05. The predicted molar refractivity (Wildman–Crippen MR) is 127 cm³/mol. The summed E-state index contributed by atoms with van der Waals surface area (Å²) in [5.41, 5.74) is 3.24. The average molecular weight is 475 g/mol. The van der Waals surface area contributed by atoms with Crippen LogP contribution >= 0.6 is 0 Å². The number of esters is 2. The molecule has 36 heavy (non-hydrogen) atoms. The maximum Gasteiger partial charge on any atom is 0.357 e. The fraction of sp³-hybridized carbons (Fsp3) is 0.0741. The Morgan fingerprint density at radius 1 is 0.722 bits per heavy atom. The lowest BCUT2D eigenvalue weighted by Gasteiger charge is -2.06. The third-order valence-electron chi connectivity index (χ3n) is 5.63. The Kier molecular flexibility index (Phi) is 5.88. The van der Waals surface area contributed by atoms with Gasteiger partial charge in [-0.05, 0) is 36.4 Å². The minimum Gasteiger partial charge on any atom is -0.456 e. The molecule has 0 saturated carbocycles. The second-order valence-corrected chi connectivity index (χ2v) is 7.83. The lowest BCUT2D eigenvalue weighted by atomic mass is 10.2. The van der Waals surface area contributed by atoms with E-state index in [-0.39, 0.29) is 24.6 Å². The SMILES string of the molecule is N#Cc1c(COC(=O)c2cccc(C(=O)OCc3cn4ccccc4c3C#N)n2)cn2ccccc12. The molecule has 0 amide bonds. The van der Waals surface area contributed by atoms with Gasteiger partial charge >= 0.3 is 11.9 Å².